The highest BCUT2D eigenvalue weighted by molar-refractivity contribution is 5.96. The number of hydrogen-bond acceptors (Lipinski definition) is 5. The van der Waals surface area contributed by atoms with Crippen molar-refractivity contribution in [3.8, 4) is 17.0 Å². The van der Waals surface area contributed by atoms with Gasteiger partial charge in [0.2, 0.25) is 0 Å². The molecular formula is C14H12N4O. The molecule has 2 heterocycles. The number of nitrogens with two attached hydrogens (primary N) is 1. The minimum Gasteiger partial charge on any atom is -0.491 e. The Morgan fingerprint density at radius 1 is 1.16 bits per heavy atom. The van der Waals surface area contributed by atoms with Gasteiger partial charge in [0.1, 0.15) is 12.0 Å². The number of benzene rings is 1. The number of ether oxygens (including phenoxy) is 1. The number of hydrogen-bond donors (Lipinski definition) is 1. The van der Waals surface area contributed by atoms with Gasteiger partial charge in [-0.3, -0.25) is 4.98 Å². The molecule has 0 saturated heterocycles. The van der Waals surface area contributed by atoms with E-state index in [1.807, 2.05) is 30.5 Å². The van der Waals surface area contributed by atoms with E-state index in [4.69, 9.17) is 10.5 Å². The zero-order valence-electron chi connectivity index (χ0n) is 10.4. The molecule has 0 unspecified atom stereocenters. The number of anilines is 1. The third-order valence-corrected chi connectivity index (χ3v) is 2.97. The molecule has 0 saturated carbocycles. The summed E-state index contributed by atoms with van der Waals surface area (Å²) in [5.74, 6) is 0.812. The van der Waals surface area contributed by atoms with Crippen molar-refractivity contribution in [3.05, 3.63) is 43.0 Å². The van der Waals surface area contributed by atoms with E-state index in [-0.39, 0.29) is 0 Å². The minimum atomic E-state index is 0.327. The first-order chi connectivity index (χ1) is 9.31. The lowest BCUT2D eigenvalue weighted by Crippen LogP contribution is -2.00. The molecule has 19 heavy (non-hydrogen) atoms. The molecular weight excluding hydrogens is 240 g/mol. The maximum atomic E-state index is 5.82. The van der Waals surface area contributed by atoms with Gasteiger partial charge >= 0.3 is 0 Å². The van der Waals surface area contributed by atoms with Crippen molar-refractivity contribution < 1.29 is 4.74 Å². The van der Waals surface area contributed by atoms with E-state index in [1.165, 1.54) is 6.33 Å². The van der Waals surface area contributed by atoms with Crippen LogP contribution in [-0.4, -0.2) is 22.1 Å². The average molecular weight is 252 g/mol. The molecule has 0 fully saturated rings. The summed E-state index contributed by atoms with van der Waals surface area (Å²) < 4.78 is 5.31. The van der Waals surface area contributed by atoms with E-state index in [9.17, 15) is 0 Å². The van der Waals surface area contributed by atoms with Crippen molar-refractivity contribution in [2.24, 2.45) is 0 Å². The van der Waals surface area contributed by atoms with Gasteiger partial charge in [0.25, 0.3) is 0 Å². The van der Waals surface area contributed by atoms with Crippen LogP contribution in [0.1, 0.15) is 0 Å². The number of methoxy groups -OCH3 is 1. The molecule has 0 spiro atoms. The number of nitrogens with zero attached hydrogens (tertiary/aromatic N) is 3. The molecule has 0 atom stereocenters. The predicted molar refractivity (Wildman–Crippen MR) is 73.7 cm³/mol. The number of rotatable bonds is 2. The summed E-state index contributed by atoms with van der Waals surface area (Å²) in [6.07, 6.45) is 5.00. The van der Waals surface area contributed by atoms with Crippen molar-refractivity contribution in [2.45, 2.75) is 0 Å². The zero-order chi connectivity index (χ0) is 13.2. The highest BCUT2D eigenvalue weighted by Gasteiger charge is 2.13. The molecule has 5 heteroatoms. The topological polar surface area (TPSA) is 73.9 Å². The van der Waals surface area contributed by atoms with Crippen LogP contribution in [0, 0.1) is 0 Å². The molecule has 1 aromatic carbocycles. The van der Waals surface area contributed by atoms with Crippen LogP contribution in [-0.2, 0) is 0 Å². The van der Waals surface area contributed by atoms with Crippen molar-refractivity contribution in [1.82, 2.24) is 15.0 Å². The lowest BCUT2D eigenvalue weighted by Gasteiger charge is -2.10. The van der Waals surface area contributed by atoms with Gasteiger partial charge in [-0.05, 0) is 11.5 Å². The molecule has 2 aromatic heterocycles. The lowest BCUT2D eigenvalue weighted by atomic mass is 10.0. The SMILES string of the molecule is COc1c(N)ncnc1-c1cccc2ccncc12. The van der Waals surface area contributed by atoms with Gasteiger partial charge in [-0.25, -0.2) is 9.97 Å². The van der Waals surface area contributed by atoms with Crippen LogP contribution in [0.15, 0.2) is 43.0 Å². The summed E-state index contributed by atoms with van der Waals surface area (Å²) in [4.78, 5) is 12.4. The Morgan fingerprint density at radius 3 is 2.89 bits per heavy atom. The van der Waals surface area contributed by atoms with Crippen LogP contribution in [0.25, 0.3) is 22.0 Å². The number of aromatic nitrogens is 3. The smallest absolute Gasteiger partial charge is 0.187 e. The van der Waals surface area contributed by atoms with Crippen LogP contribution in [0.3, 0.4) is 0 Å². The number of pyridine rings is 1. The highest BCUT2D eigenvalue weighted by Crippen LogP contribution is 2.35. The molecule has 0 amide bonds. The molecule has 3 aromatic rings. The van der Waals surface area contributed by atoms with Gasteiger partial charge in [-0.1, -0.05) is 18.2 Å². The third-order valence-electron chi connectivity index (χ3n) is 2.97. The maximum Gasteiger partial charge on any atom is 0.187 e. The van der Waals surface area contributed by atoms with E-state index in [2.05, 4.69) is 15.0 Å². The summed E-state index contributed by atoms with van der Waals surface area (Å²) in [6, 6.07) is 7.91. The molecule has 0 aliphatic rings. The van der Waals surface area contributed by atoms with Crippen LogP contribution in [0.4, 0.5) is 5.82 Å². The fraction of sp³-hybridized carbons (Fsp3) is 0.0714. The Labute approximate surface area is 110 Å². The first kappa shape index (κ1) is 11.4. The Balaban J connectivity index is 2.34. The standard InChI is InChI=1S/C14H12N4O/c1-19-13-12(17-8-18-14(13)15)10-4-2-3-9-5-6-16-7-11(9)10/h2-8H,1H3,(H2,15,17,18). The quantitative estimate of drug-likeness (QED) is 0.757. The molecule has 2 N–H and O–H groups in total. The number of fused-ring (bicyclic) bond motifs is 1. The first-order valence-electron chi connectivity index (χ1n) is 5.79. The van der Waals surface area contributed by atoms with Crippen LogP contribution in [0.5, 0.6) is 5.75 Å². The fourth-order valence-corrected chi connectivity index (χ4v) is 2.10. The first-order valence-corrected chi connectivity index (χ1v) is 5.79. The van der Waals surface area contributed by atoms with Crippen LogP contribution < -0.4 is 10.5 Å². The van der Waals surface area contributed by atoms with Gasteiger partial charge in [0, 0.05) is 23.3 Å². The van der Waals surface area contributed by atoms with Crippen LogP contribution >= 0.6 is 0 Å². The van der Waals surface area contributed by atoms with E-state index in [0.29, 0.717) is 17.3 Å². The second-order valence-electron chi connectivity index (χ2n) is 4.04. The summed E-state index contributed by atoms with van der Waals surface area (Å²) >= 11 is 0. The van der Waals surface area contributed by atoms with Gasteiger partial charge in [0.05, 0.1) is 7.11 Å². The van der Waals surface area contributed by atoms with Gasteiger partial charge < -0.3 is 10.5 Å². The highest BCUT2D eigenvalue weighted by atomic mass is 16.5. The fourth-order valence-electron chi connectivity index (χ4n) is 2.10. The molecule has 94 valence electrons. The zero-order valence-corrected chi connectivity index (χ0v) is 10.4. The van der Waals surface area contributed by atoms with Crippen molar-refractivity contribution >= 4 is 16.6 Å². The van der Waals surface area contributed by atoms with Gasteiger partial charge in [0.15, 0.2) is 11.6 Å². The second kappa shape index (κ2) is 4.53. The van der Waals surface area contributed by atoms with Gasteiger partial charge in [-0.15, -0.1) is 0 Å². The van der Waals surface area contributed by atoms with Crippen LogP contribution in [0.2, 0.25) is 0 Å². The van der Waals surface area contributed by atoms with Crippen molar-refractivity contribution in [2.75, 3.05) is 12.8 Å². The third kappa shape index (κ3) is 1.85. The lowest BCUT2D eigenvalue weighted by molar-refractivity contribution is 0.415. The molecule has 3 rings (SSSR count). The molecule has 0 radical (unpaired) electrons. The average Bonchev–Trinajstić information content (AvgIpc) is 2.46. The van der Waals surface area contributed by atoms with E-state index in [0.717, 1.165) is 16.3 Å². The maximum absolute atomic E-state index is 5.82. The Morgan fingerprint density at radius 2 is 2.05 bits per heavy atom. The van der Waals surface area contributed by atoms with Gasteiger partial charge in [-0.2, -0.15) is 0 Å². The Hall–Kier alpha value is -2.69. The van der Waals surface area contributed by atoms with E-state index < -0.39 is 0 Å². The van der Waals surface area contributed by atoms with E-state index in [1.54, 1.807) is 13.3 Å². The summed E-state index contributed by atoms with van der Waals surface area (Å²) in [7, 11) is 1.56. The summed E-state index contributed by atoms with van der Waals surface area (Å²) in [5.41, 5.74) is 7.42. The van der Waals surface area contributed by atoms with Crippen molar-refractivity contribution in [1.29, 1.82) is 0 Å². The largest absolute Gasteiger partial charge is 0.491 e. The second-order valence-corrected chi connectivity index (χ2v) is 4.04. The normalized spacial score (nSPS) is 10.6. The molecule has 0 aliphatic carbocycles. The molecule has 5 nitrogen and oxygen atoms in total. The Kier molecular flexibility index (Phi) is 2.72. The predicted octanol–water partition coefficient (Wildman–Crippen LogP) is 2.28. The molecule has 0 aliphatic heterocycles. The monoisotopic (exact) mass is 252 g/mol. The number of nitrogen functional groups attached to an aromatic ring is 1. The summed E-state index contributed by atoms with van der Waals surface area (Å²) in [6.45, 7) is 0. The minimum absolute atomic E-state index is 0.327. The van der Waals surface area contributed by atoms with E-state index >= 15 is 0 Å². The van der Waals surface area contributed by atoms with Crippen molar-refractivity contribution in [3.63, 3.8) is 0 Å². The Bertz CT molecular complexity index is 737. The summed E-state index contributed by atoms with van der Waals surface area (Å²) in [5, 5.41) is 2.09. The molecule has 0 bridgehead atoms.